The molecule has 0 amide bonds. The summed E-state index contributed by atoms with van der Waals surface area (Å²) in [5, 5.41) is 0. The first kappa shape index (κ1) is 14.6. The average Bonchev–Trinajstić information content (AvgIpc) is 2.43. The number of nitrogens with zero attached hydrogens (tertiary/aromatic N) is 1. The first-order chi connectivity index (χ1) is 9.13. The van der Waals surface area contributed by atoms with Gasteiger partial charge in [0.2, 0.25) is 0 Å². The maximum atomic E-state index is 14.0. The molecular formula is C14H21FN2OS. The van der Waals surface area contributed by atoms with Crippen LogP contribution in [0.25, 0.3) is 0 Å². The molecule has 5 heteroatoms. The topological polar surface area (TPSA) is 46.3 Å². The van der Waals surface area contributed by atoms with E-state index < -0.39 is 10.8 Å². The highest BCUT2D eigenvalue weighted by Gasteiger charge is 2.30. The van der Waals surface area contributed by atoms with Gasteiger partial charge in [0.1, 0.15) is 5.82 Å². The number of halogens is 1. The molecule has 1 saturated heterocycles. The Kier molecular flexibility index (Phi) is 5.07. The van der Waals surface area contributed by atoms with Gasteiger partial charge in [0.05, 0.1) is 6.04 Å². The molecule has 1 aromatic carbocycles. The van der Waals surface area contributed by atoms with E-state index in [4.69, 9.17) is 5.73 Å². The van der Waals surface area contributed by atoms with Crippen LogP contribution in [0.1, 0.15) is 24.9 Å². The Bertz CT molecular complexity index is 445. The molecule has 0 bridgehead atoms. The van der Waals surface area contributed by atoms with Crippen molar-refractivity contribution in [3.8, 4) is 0 Å². The third-order valence-electron chi connectivity index (χ3n) is 3.71. The van der Waals surface area contributed by atoms with Crippen molar-refractivity contribution in [1.29, 1.82) is 0 Å². The molecule has 1 fully saturated rings. The van der Waals surface area contributed by atoms with E-state index in [1.54, 1.807) is 12.1 Å². The van der Waals surface area contributed by atoms with E-state index in [-0.39, 0.29) is 17.9 Å². The van der Waals surface area contributed by atoms with Crippen molar-refractivity contribution < 1.29 is 8.60 Å². The van der Waals surface area contributed by atoms with Gasteiger partial charge < -0.3 is 5.73 Å². The summed E-state index contributed by atoms with van der Waals surface area (Å²) in [5.74, 6) is 1.10. The van der Waals surface area contributed by atoms with E-state index >= 15 is 0 Å². The number of hydrogen-bond acceptors (Lipinski definition) is 3. The predicted octanol–water partition coefficient (Wildman–Crippen LogP) is 1.67. The van der Waals surface area contributed by atoms with E-state index in [0.717, 1.165) is 19.5 Å². The Morgan fingerprint density at radius 2 is 2.00 bits per heavy atom. The van der Waals surface area contributed by atoms with Crippen molar-refractivity contribution in [3.63, 3.8) is 0 Å². The first-order valence-electron chi connectivity index (χ1n) is 6.72. The summed E-state index contributed by atoms with van der Waals surface area (Å²) in [6.07, 6.45) is 0.790. The molecule has 1 heterocycles. The van der Waals surface area contributed by atoms with Gasteiger partial charge in [0.25, 0.3) is 0 Å². The molecular weight excluding hydrogens is 263 g/mol. The highest BCUT2D eigenvalue weighted by atomic mass is 32.2. The Balaban J connectivity index is 2.26. The van der Waals surface area contributed by atoms with Crippen molar-refractivity contribution in [2.75, 3.05) is 24.6 Å². The molecule has 0 saturated carbocycles. The Morgan fingerprint density at radius 1 is 1.37 bits per heavy atom. The van der Waals surface area contributed by atoms with E-state index in [2.05, 4.69) is 4.90 Å². The largest absolute Gasteiger partial charge is 0.326 e. The highest BCUT2D eigenvalue weighted by molar-refractivity contribution is 7.85. The molecule has 3 nitrogen and oxygen atoms in total. The lowest BCUT2D eigenvalue weighted by Crippen LogP contribution is -2.47. The molecule has 2 atom stereocenters. The van der Waals surface area contributed by atoms with E-state index in [1.165, 1.54) is 6.07 Å². The summed E-state index contributed by atoms with van der Waals surface area (Å²) in [7, 11) is -0.731. The fourth-order valence-corrected chi connectivity index (χ4v) is 3.65. The Hall–Kier alpha value is -0.780. The summed E-state index contributed by atoms with van der Waals surface area (Å²) in [5.41, 5.74) is 6.86. The molecule has 19 heavy (non-hydrogen) atoms. The van der Waals surface area contributed by atoms with Gasteiger partial charge in [-0.25, -0.2) is 4.39 Å². The van der Waals surface area contributed by atoms with Gasteiger partial charge in [-0.1, -0.05) is 25.1 Å². The van der Waals surface area contributed by atoms with Crippen LogP contribution in [0.15, 0.2) is 24.3 Å². The Labute approximate surface area is 116 Å². The van der Waals surface area contributed by atoms with Crippen LogP contribution in [-0.4, -0.2) is 39.7 Å². The van der Waals surface area contributed by atoms with E-state index in [1.807, 2.05) is 13.0 Å². The molecule has 2 unspecified atom stereocenters. The van der Waals surface area contributed by atoms with Gasteiger partial charge in [-0.05, 0) is 12.5 Å². The zero-order chi connectivity index (χ0) is 13.8. The molecule has 0 aromatic heterocycles. The molecule has 2 rings (SSSR count). The van der Waals surface area contributed by atoms with Gasteiger partial charge >= 0.3 is 0 Å². The number of nitrogens with two attached hydrogens (primary N) is 1. The second-order valence-electron chi connectivity index (χ2n) is 4.92. The third kappa shape index (κ3) is 3.41. The second kappa shape index (κ2) is 6.59. The van der Waals surface area contributed by atoms with Crippen LogP contribution in [0.2, 0.25) is 0 Å². The molecule has 106 valence electrons. The zero-order valence-corrected chi connectivity index (χ0v) is 12.0. The number of hydrogen-bond donors (Lipinski definition) is 1. The van der Waals surface area contributed by atoms with Crippen LogP contribution in [0.3, 0.4) is 0 Å². The van der Waals surface area contributed by atoms with Gasteiger partial charge in [-0.2, -0.15) is 0 Å². The van der Waals surface area contributed by atoms with Crippen LogP contribution in [-0.2, 0) is 10.8 Å². The fourth-order valence-electron chi connectivity index (χ4n) is 2.57. The maximum absolute atomic E-state index is 14.0. The Morgan fingerprint density at radius 3 is 2.58 bits per heavy atom. The smallest absolute Gasteiger partial charge is 0.128 e. The minimum absolute atomic E-state index is 0.108. The van der Waals surface area contributed by atoms with Crippen LogP contribution in [0.4, 0.5) is 4.39 Å². The SMILES string of the molecule is CCC(N)C(c1ccccc1F)N1CCS(=O)CC1. The molecule has 2 N–H and O–H groups in total. The average molecular weight is 284 g/mol. The van der Waals surface area contributed by atoms with Crippen LogP contribution in [0, 0.1) is 5.82 Å². The van der Waals surface area contributed by atoms with Crippen LogP contribution >= 0.6 is 0 Å². The number of rotatable bonds is 4. The second-order valence-corrected chi connectivity index (χ2v) is 6.62. The van der Waals surface area contributed by atoms with Gasteiger partial charge in [0.15, 0.2) is 0 Å². The minimum atomic E-state index is -0.731. The summed E-state index contributed by atoms with van der Waals surface area (Å²) in [4.78, 5) is 2.17. The molecule has 1 aliphatic heterocycles. The van der Waals surface area contributed by atoms with E-state index in [9.17, 15) is 8.60 Å². The van der Waals surface area contributed by atoms with Gasteiger partial charge in [0, 0.05) is 47.0 Å². The lowest BCUT2D eigenvalue weighted by atomic mass is 9.95. The third-order valence-corrected chi connectivity index (χ3v) is 4.98. The van der Waals surface area contributed by atoms with Gasteiger partial charge in [-0.15, -0.1) is 0 Å². The monoisotopic (exact) mass is 284 g/mol. The van der Waals surface area contributed by atoms with Gasteiger partial charge in [-0.3, -0.25) is 9.11 Å². The molecule has 0 spiro atoms. The minimum Gasteiger partial charge on any atom is -0.326 e. The molecule has 1 aromatic rings. The summed E-state index contributed by atoms with van der Waals surface area (Å²) in [6.45, 7) is 3.46. The van der Waals surface area contributed by atoms with Crippen LogP contribution < -0.4 is 5.73 Å². The van der Waals surface area contributed by atoms with Crippen molar-refractivity contribution >= 4 is 10.8 Å². The normalized spacial score (nSPS) is 21.2. The van der Waals surface area contributed by atoms with Crippen molar-refractivity contribution in [3.05, 3.63) is 35.6 Å². The van der Waals surface area contributed by atoms with Crippen molar-refractivity contribution in [2.45, 2.75) is 25.4 Å². The fraction of sp³-hybridized carbons (Fsp3) is 0.571. The highest BCUT2D eigenvalue weighted by Crippen LogP contribution is 2.28. The summed E-state index contributed by atoms with van der Waals surface area (Å²) >= 11 is 0. The van der Waals surface area contributed by atoms with E-state index in [0.29, 0.717) is 17.1 Å². The quantitative estimate of drug-likeness (QED) is 0.915. The first-order valence-corrected chi connectivity index (χ1v) is 8.21. The van der Waals surface area contributed by atoms with Crippen molar-refractivity contribution in [1.82, 2.24) is 4.90 Å². The van der Waals surface area contributed by atoms with Crippen LogP contribution in [0.5, 0.6) is 0 Å². The standard InChI is InChI=1S/C14H21FN2OS/c1-2-13(16)14(11-5-3-4-6-12(11)15)17-7-9-19(18)10-8-17/h3-6,13-14H,2,7-10,16H2,1H3. The molecule has 0 radical (unpaired) electrons. The predicted molar refractivity (Wildman–Crippen MR) is 76.9 cm³/mol. The molecule has 1 aliphatic rings. The summed E-state index contributed by atoms with van der Waals surface area (Å²) < 4.78 is 25.5. The lowest BCUT2D eigenvalue weighted by molar-refractivity contribution is 0.181. The molecule has 0 aliphatic carbocycles. The number of benzene rings is 1. The van der Waals surface area contributed by atoms with Crippen molar-refractivity contribution in [2.24, 2.45) is 5.73 Å². The summed E-state index contributed by atoms with van der Waals surface area (Å²) in [6, 6.07) is 6.59. The zero-order valence-electron chi connectivity index (χ0n) is 11.2. The lowest BCUT2D eigenvalue weighted by Gasteiger charge is -2.37. The maximum Gasteiger partial charge on any atom is 0.128 e.